The number of ether oxygens (including phenoxy) is 1. The van der Waals surface area contributed by atoms with Gasteiger partial charge in [-0.1, -0.05) is 18.2 Å². The van der Waals surface area contributed by atoms with Crippen LogP contribution in [0.3, 0.4) is 0 Å². The van der Waals surface area contributed by atoms with Crippen molar-refractivity contribution in [1.82, 2.24) is 9.88 Å². The molecule has 2 aromatic carbocycles. The third-order valence-corrected chi connectivity index (χ3v) is 4.95. The van der Waals surface area contributed by atoms with Gasteiger partial charge in [-0.3, -0.25) is 9.59 Å². The predicted octanol–water partition coefficient (Wildman–Crippen LogP) is 3.71. The number of pyridine rings is 1. The summed E-state index contributed by atoms with van der Waals surface area (Å²) in [6, 6.07) is 13.4. The maximum Gasteiger partial charge on any atom is 0.293 e. The molecule has 3 rings (SSSR count). The van der Waals surface area contributed by atoms with Gasteiger partial charge in [0.05, 0.1) is 17.9 Å². The van der Waals surface area contributed by atoms with Gasteiger partial charge in [0, 0.05) is 19.2 Å². The third-order valence-electron chi connectivity index (χ3n) is 4.95. The van der Waals surface area contributed by atoms with E-state index in [0.717, 1.165) is 11.3 Å². The highest BCUT2D eigenvalue weighted by molar-refractivity contribution is 5.97. The second kappa shape index (κ2) is 9.47. The van der Waals surface area contributed by atoms with Crippen LogP contribution in [-0.2, 0) is 7.05 Å². The van der Waals surface area contributed by atoms with E-state index in [0.29, 0.717) is 36.4 Å². The summed E-state index contributed by atoms with van der Waals surface area (Å²) in [5, 5.41) is 12.9. The molecule has 0 aliphatic heterocycles. The molecule has 6 nitrogen and oxygen atoms in total. The molecular weight excluding hydrogens is 399 g/mol. The molecule has 31 heavy (non-hydrogen) atoms. The second-order valence-electron chi connectivity index (χ2n) is 7.40. The lowest BCUT2D eigenvalue weighted by Crippen LogP contribution is -2.29. The Balaban J connectivity index is 1.71. The largest absolute Gasteiger partial charge is 0.502 e. The molecule has 2 N–H and O–H groups in total. The Morgan fingerprint density at radius 3 is 2.61 bits per heavy atom. The number of para-hydroxylation sites is 1. The number of rotatable bonds is 7. The summed E-state index contributed by atoms with van der Waals surface area (Å²) >= 11 is 0. The van der Waals surface area contributed by atoms with Gasteiger partial charge < -0.3 is 19.7 Å². The molecule has 1 amide bonds. The number of halogens is 1. The Hall–Kier alpha value is -3.61. The fraction of sp³-hybridized carbons (Fsp3) is 0.250. The fourth-order valence-electron chi connectivity index (χ4n) is 3.29. The first kappa shape index (κ1) is 22.1. The van der Waals surface area contributed by atoms with E-state index in [1.165, 1.54) is 29.8 Å². The molecule has 0 aliphatic rings. The predicted molar refractivity (Wildman–Crippen MR) is 117 cm³/mol. The van der Waals surface area contributed by atoms with Crippen molar-refractivity contribution in [3.05, 3.63) is 81.4 Å². The summed E-state index contributed by atoms with van der Waals surface area (Å²) < 4.78 is 20.7. The molecule has 0 atom stereocenters. The summed E-state index contributed by atoms with van der Waals surface area (Å²) in [7, 11) is 1.46. The number of nitrogens with one attached hydrogen (secondary N) is 1. The number of benzene rings is 2. The lowest BCUT2D eigenvalue weighted by Gasteiger charge is -2.14. The first-order chi connectivity index (χ1) is 14.8. The van der Waals surface area contributed by atoms with Crippen molar-refractivity contribution in [3.8, 4) is 22.8 Å². The van der Waals surface area contributed by atoms with Gasteiger partial charge in [-0.25, -0.2) is 4.39 Å². The number of aromatic nitrogens is 1. The molecule has 1 heterocycles. The van der Waals surface area contributed by atoms with E-state index in [1.54, 1.807) is 13.0 Å². The molecule has 0 radical (unpaired) electrons. The first-order valence-electron chi connectivity index (χ1n) is 9.95. The zero-order valence-corrected chi connectivity index (χ0v) is 17.7. The Bertz CT molecular complexity index is 1150. The molecule has 0 spiro atoms. The lowest BCUT2D eigenvalue weighted by molar-refractivity contribution is 0.0948. The van der Waals surface area contributed by atoms with Crippen LogP contribution in [0.25, 0.3) is 11.3 Å². The summed E-state index contributed by atoms with van der Waals surface area (Å²) in [5.41, 5.74) is 1.59. The topological polar surface area (TPSA) is 80.6 Å². The standard InChI is InChI=1S/C24H25FN2O4/c1-15-11-17(13-18(25)12-15)20-14-19(22(28)24(30)27(20)3)23(29)26-9-6-10-31-21-8-5-4-7-16(21)2/h4-5,7-8,11-14,28H,6,9-10H2,1-3H3,(H,26,29). The molecule has 0 unspecified atom stereocenters. The normalized spacial score (nSPS) is 10.7. The maximum absolute atomic E-state index is 13.8. The number of nitrogens with zero attached hydrogens (tertiary/aromatic N) is 1. The van der Waals surface area contributed by atoms with Gasteiger partial charge in [0.25, 0.3) is 11.5 Å². The van der Waals surface area contributed by atoms with Crippen LogP contribution in [-0.4, -0.2) is 28.7 Å². The van der Waals surface area contributed by atoms with Crippen LogP contribution in [0.2, 0.25) is 0 Å². The molecule has 0 saturated carbocycles. The Labute approximate surface area is 179 Å². The van der Waals surface area contributed by atoms with E-state index in [9.17, 15) is 19.1 Å². The minimum Gasteiger partial charge on any atom is -0.502 e. The lowest BCUT2D eigenvalue weighted by atomic mass is 10.0. The van der Waals surface area contributed by atoms with E-state index in [4.69, 9.17) is 4.74 Å². The molecule has 0 fully saturated rings. The van der Waals surface area contributed by atoms with E-state index < -0.39 is 23.0 Å². The minimum atomic E-state index is -0.729. The van der Waals surface area contributed by atoms with Crippen molar-refractivity contribution in [3.63, 3.8) is 0 Å². The van der Waals surface area contributed by atoms with E-state index in [2.05, 4.69) is 5.32 Å². The number of aromatic hydroxyl groups is 1. The average molecular weight is 424 g/mol. The van der Waals surface area contributed by atoms with Crippen LogP contribution in [0.5, 0.6) is 11.5 Å². The Kier molecular flexibility index (Phi) is 6.74. The van der Waals surface area contributed by atoms with E-state index >= 15 is 0 Å². The van der Waals surface area contributed by atoms with Gasteiger partial charge in [0.2, 0.25) is 0 Å². The first-order valence-corrected chi connectivity index (χ1v) is 9.95. The highest BCUT2D eigenvalue weighted by Crippen LogP contribution is 2.24. The van der Waals surface area contributed by atoms with Crippen LogP contribution in [0.4, 0.5) is 4.39 Å². The van der Waals surface area contributed by atoms with Crippen LogP contribution in [0, 0.1) is 19.7 Å². The summed E-state index contributed by atoms with van der Waals surface area (Å²) in [6.45, 7) is 4.39. The van der Waals surface area contributed by atoms with Gasteiger partial charge in [0.15, 0.2) is 5.75 Å². The monoisotopic (exact) mass is 424 g/mol. The summed E-state index contributed by atoms with van der Waals surface area (Å²) in [5.74, 6) is -0.892. The molecule has 0 bridgehead atoms. The Morgan fingerprint density at radius 2 is 1.90 bits per heavy atom. The zero-order chi connectivity index (χ0) is 22.5. The van der Waals surface area contributed by atoms with Crippen molar-refractivity contribution in [2.45, 2.75) is 20.3 Å². The van der Waals surface area contributed by atoms with Crippen LogP contribution in [0.15, 0.2) is 53.3 Å². The average Bonchev–Trinajstić information content (AvgIpc) is 2.72. The van der Waals surface area contributed by atoms with Crippen LogP contribution >= 0.6 is 0 Å². The number of hydrogen-bond donors (Lipinski definition) is 2. The van der Waals surface area contributed by atoms with Gasteiger partial charge >= 0.3 is 0 Å². The van der Waals surface area contributed by atoms with Gasteiger partial charge in [-0.2, -0.15) is 0 Å². The van der Waals surface area contributed by atoms with Gasteiger partial charge in [-0.05, 0) is 61.7 Å². The molecule has 162 valence electrons. The van der Waals surface area contributed by atoms with E-state index in [-0.39, 0.29) is 5.56 Å². The maximum atomic E-state index is 13.8. The van der Waals surface area contributed by atoms with Crippen molar-refractivity contribution in [1.29, 1.82) is 0 Å². The van der Waals surface area contributed by atoms with Gasteiger partial charge in [0.1, 0.15) is 11.6 Å². The fourth-order valence-corrected chi connectivity index (χ4v) is 3.29. The number of carbonyl (C=O) groups excluding carboxylic acids is 1. The highest BCUT2D eigenvalue weighted by Gasteiger charge is 2.19. The van der Waals surface area contributed by atoms with Crippen molar-refractivity contribution < 1.29 is 19.0 Å². The second-order valence-corrected chi connectivity index (χ2v) is 7.40. The summed E-state index contributed by atoms with van der Waals surface area (Å²) in [6.07, 6.45) is 0.543. The number of carbonyl (C=O) groups is 1. The molecule has 0 aliphatic carbocycles. The number of amides is 1. The SMILES string of the molecule is Cc1cc(F)cc(-c2cc(C(=O)NCCCOc3ccccc3C)c(O)c(=O)n2C)c1. The number of hydrogen-bond acceptors (Lipinski definition) is 4. The number of aryl methyl sites for hydroxylation is 2. The quantitative estimate of drug-likeness (QED) is 0.567. The Morgan fingerprint density at radius 1 is 1.16 bits per heavy atom. The molecule has 1 aromatic heterocycles. The smallest absolute Gasteiger partial charge is 0.293 e. The van der Waals surface area contributed by atoms with Crippen LogP contribution in [0.1, 0.15) is 27.9 Å². The van der Waals surface area contributed by atoms with Crippen molar-refractivity contribution in [2.24, 2.45) is 7.05 Å². The third kappa shape index (κ3) is 5.12. The summed E-state index contributed by atoms with van der Waals surface area (Å²) in [4.78, 5) is 25.0. The van der Waals surface area contributed by atoms with E-state index in [1.807, 2.05) is 31.2 Å². The van der Waals surface area contributed by atoms with Crippen molar-refractivity contribution in [2.75, 3.05) is 13.2 Å². The van der Waals surface area contributed by atoms with Crippen molar-refractivity contribution >= 4 is 5.91 Å². The van der Waals surface area contributed by atoms with Crippen LogP contribution < -0.4 is 15.6 Å². The molecule has 7 heteroatoms. The molecule has 0 saturated heterocycles. The minimum absolute atomic E-state index is 0.153. The highest BCUT2D eigenvalue weighted by atomic mass is 19.1. The van der Waals surface area contributed by atoms with Gasteiger partial charge in [-0.15, -0.1) is 0 Å². The molecular formula is C24H25FN2O4. The molecule has 3 aromatic rings. The zero-order valence-electron chi connectivity index (χ0n) is 17.7.